The number of piperazine rings is 2. The first-order chi connectivity index (χ1) is 18.4. The maximum atomic E-state index is 13.4. The SMILES string of the molecule is C[C@H](c1ccc(F)cc1)n1cnnc1CN1CCN(S(=O)(=O)c2cnc(N3CCN4CCC[C@H]4C3)s2)CC1. The molecule has 3 aromatic rings. The number of sulfonamides is 1. The van der Waals surface area contributed by atoms with Gasteiger partial charge in [0, 0.05) is 51.9 Å². The fourth-order valence-corrected chi connectivity index (χ4v) is 8.47. The zero-order valence-corrected chi connectivity index (χ0v) is 23.1. The highest BCUT2D eigenvalue weighted by Gasteiger charge is 2.34. The minimum Gasteiger partial charge on any atom is -0.345 e. The van der Waals surface area contributed by atoms with Gasteiger partial charge in [0.2, 0.25) is 0 Å². The van der Waals surface area contributed by atoms with Gasteiger partial charge in [-0.1, -0.05) is 23.5 Å². The van der Waals surface area contributed by atoms with Crippen molar-refractivity contribution < 1.29 is 12.8 Å². The van der Waals surface area contributed by atoms with Crippen molar-refractivity contribution in [2.45, 2.75) is 42.6 Å². The Hall–Kier alpha value is -2.45. The van der Waals surface area contributed by atoms with E-state index in [-0.39, 0.29) is 11.9 Å². The molecule has 2 aromatic heterocycles. The third kappa shape index (κ3) is 5.09. The summed E-state index contributed by atoms with van der Waals surface area (Å²) < 4.78 is 44.0. The number of aromatic nitrogens is 4. The van der Waals surface area contributed by atoms with Gasteiger partial charge in [-0.2, -0.15) is 4.31 Å². The van der Waals surface area contributed by atoms with Crippen LogP contribution in [0.4, 0.5) is 9.52 Å². The molecule has 13 heteroatoms. The number of hydrogen-bond acceptors (Lipinski definition) is 9. The molecule has 1 aromatic carbocycles. The Bertz CT molecular complexity index is 1350. The minimum absolute atomic E-state index is 0.0422. The first-order valence-electron chi connectivity index (χ1n) is 13.2. The molecule has 0 N–H and O–H groups in total. The van der Waals surface area contributed by atoms with E-state index in [1.807, 2.05) is 11.5 Å². The summed E-state index contributed by atoms with van der Waals surface area (Å²) in [6.45, 7) is 8.65. The van der Waals surface area contributed by atoms with Crippen LogP contribution in [-0.2, 0) is 16.6 Å². The van der Waals surface area contributed by atoms with Crippen LogP contribution in [0.3, 0.4) is 0 Å². The number of anilines is 1. The number of halogens is 1. The van der Waals surface area contributed by atoms with Gasteiger partial charge in [-0.25, -0.2) is 17.8 Å². The quantitative estimate of drug-likeness (QED) is 0.435. The van der Waals surface area contributed by atoms with Crippen molar-refractivity contribution in [3.8, 4) is 0 Å². The van der Waals surface area contributed by atoms with E-state index in [9.17, 15) is 12.8 Å². The van der Waals surface area contributed by atoms with Gasteiger partial charge in [0.05, 0.1) is 18.8 Å². The maximum absolute atomic E-state index is 13.4. The van der Waals surface area contributed by atoms with E-state index in [0.717, 1.165) is 36.2 Å². The van der Waals surface area contributed by atoms with Crippen LogP contribution in [0.15, 0.2) is 41.0 Å². The van der Waals surface area contributed by atoms with Crippen LogP contribution in [0.2, 0.25) is 0 Å². The summed E-state index contributed by atoms with van der Waals surface area (Å²) in [6.07, 6.45) is 5.67. The molecule has 0 spiro atoms. The Balaban J connectivity index is 1.06. The lowest BCUT2D eigenvalue weighted by Crippen LogP contribution is -2.50. The third-order valence-electron chi connectivity index (χ3n) is 8.04. The molecule has 10 nitrogen and oxygen atoms in total. The lowest BCUT2D eigenvalue weighted by Gasteiger charge is -2.37. The van der Waals surface area contributed by atoms with Gasteiger partial charge in [0.15, 0.2) is 9.34 Å². The van der Waals surface area contributed by atoms with Gasteiger partial charge in [0.25, 0.3) is 10.0 Å². The lowest BCUT2D eigenvalue weighted by molar-refractivity contribution is 0.176. The Labute approximate surface area is 226 Å². The predicted octanol–water partition coefficient (Wildman–Crippen LogP) is 2.27. The Morgan fingerprint density at radius 1 is 1.08 bits per heavy atom. The second-order valence-corrected chi connectivity index (χ2v) is 13.5. The average Bonchev–Trinajstić information content (AvgIpc) is 3.70. The number of benzene rings is 1. The molecule has 3 saturated heterocycles. The van der Waals surface area contributed by atoms with Crippen LogP contribution in [-0.4, -0.2) is 101 Å². The monoisotopic (exact) mass is 560 g/mol. The summed E-state index contributed by atoms with van der Waals surface area (Å²) in [5.41, 5.74) is 0.970. The van der Waals surface area contributed by atoms with Crippen LogP contribution in [0, 0.1) is 5.82 Å². The molecule has 3 aliphatic heterocycles. The van der Waals surface area contributed by atoms with Gasteiger partial charge in [-0.3, -0.25) is 9.80 Å². The highest BCUT2D eigenvalue weighted by molar-refractivity contribution is 7.91. The fourth-order valence-electron chi connectivity index (χ4n) is 5.74. The van der Waals surface area contributed by atoms with Crippen LogP contribution in [0.25, 0.3) is 0 Å². The number of nitrogens with zero attached hydrogens (tertiary/aromatic N) is 8. The minimum atomic E-state index is -3.58. The first kappa shape index (κ1) is 25.8. The van der Waals surface area contributed by atoms with Crippen molar-refractivity contribution >= 4 is 26.5 Å². The molecule has 0 aliphatic carbocycles. The van der Waals surface area contributed by atoms with Gasteiger partial charge in [0.1, 0.15) is 18.0 Å². The van der Waals surface area contributed by atoms with E-state index in [0.29, 0.717) is 43.0 Å². The van der Waals surface area contributed by atoms with Crippen LogP contribution in [0.1, 0.15) is 37.2 Å². The highest BCUT2D eigenvalue weighted by atomic mass is 32.2. The average molecular weight is 561 g/mol. The molecule has 204 valence electrons. The van der Waals surface area contributed by atoms with E-state index in [1.165, 1.54) is 49.1 Å². The smallest absolute Gasteiger partial charge is 0.254 e. The van der Waals surface area contributed by atoms with Crippen LogP contribution >= 0.6 is 11.3 Å². The van der Waals surface area contributed by atoms with Crippen molar-refractivity contribution in [1.29, 1.82) is 0 Å². The molecule has 0 unspecified atom stereocenters. The Morgan fingerprint density at radius 3 is 2.66 bits per heavy atom. The van der Waals surface area contributed by atoms with E-state index >= 15 is 0 Å². The van der Waals surface area contributed by atoms with E-state index in [4.69, 9.17) is 0 Å². The van der Waals surface area contributed by atoms with Crippen LogP contribution in [0.5, 0.6) is 0 Å². The third-order valence-corrected chi connectivity index (χ3v) is 11.4. The summed E-state index contributed by atoms with van der Waals surface area (Å²) in [4.78, 5) is 11.5. The zero-order chi connectivity index (χ0) is 26.3. The molecule has 3 fully saturated rings. The molecule has 0 saturated carbocycles. The predicted molar refractivity (Wildman–Crippen MR) is 143 cm³/mol. The second-order valence-electron chi connectivity index (χ2n) is 10.3. The van der Waals surface area contributed by atoms with Crippen LogP contribution < -0.4 is 4.90 Å². The molecule has 6 rings (SSSR count). The highest BCUT2D eigenvalue weighted by Crippen LogP contribution is 2.32. The largest absolute Gasteiger partial charge is 0.345 e. The van der Waals surface area contributed by atoms with Gasteiger partial charge in [-0.05, 0) is 44.0 Å². The zero-order valence-electron chi connectivity index (χ0n) is 21.5. The van der Waals surface area contributed by atoms with Crippen molar-refractivity contribution in [2.75, 3.05) is 57.3 Å². The summed E-state index contributed by atoms with van der Waals surface area (Å²) >= 11 is 1.29. The van der Waals surface area contributed by atoms with Crippen molar-refractivity contribution in [3.05, 3.63) is 54.0 Å². The van der Waals surface area contributed by atoms with Gasteiger partial charge >= 0.3 is 0 Å². The maximum Gasteiger partial charge on any atom is 0.254 e. The van der Waals surface area contributed by atoms with E-state index in [2.05, 4.69) is 29.9 Å². The lowest BCUT2D eigenvalue weighted by atomic mass is 10.1. The molecule has 2 atom stereocenters. The molecule has 0 bridgehead atoms. The van der Waals surface area contributed by atoms with Gasteiger partial charge < -0.3 is 9.47 Å². The Morgan fingerprint density at radius 2 is 1.87 bits per heavy atom. The molecule has 5 heterocycles. The number of fused-ring (bicyclic) bond motifs is 1. The molecule has 0 amide bonds. The van der Waals surface area contributed by atoms with Crippen molar-refractivity contribution in [3.63, 3.8) is 0 Å². The summed E-state index contributed by atoms with van der Waals surface area (Å²) in [6, 6.07) is 6.97. The summed E-state index contributed by atoms with van der Waals surface area (Å²) in [7, 11) is -3.58. The Kier molecular flexibility index (Phi) is 7.20. The molecular formula is C25H33FN8O2S2. The summed E-state index contributed by atoms with van der Waals surface area (Å²) in [5, 5.41) is 9.21. The molecule has 0 radical (unpaired) electrons. The van der Waals surface area contributed by atoms with E-state index < -0.39 is 10.0 Å². The molecule has 38 heavy (non-hydrogen) atoms. The normalized spacial score (nSPS) is 22.6. The van der Waals surface area contributed by atoms with Crippen molar-refractivity contribution in [2.24, 2.45) is 0 Å². The number of rotatable bonds is 7. The van der Waals surface area contributed by atoms with Crippen molar-refractivity contribution in [1.82, 2.24) is 33.9 Å². The first-order valence-corrected chi connectivity index (χ1v) is 15.5. The topological polar surface area (TPSA) is 90.7 Å². The standard InChI is InChI=1S/C25H33FN8O2S2/c1-19(20-4-6-21(26)7-5-20)34-18-28-29-23(34)17-30-9-13-33(14-10-30)38(35,36)24-15-27-25(37-24)32-12-11-31-8-2-3-22(31)16-32/h4-7,15,18-19,22H,2-3,8-14,16-17H2,1H3/t19-,22+/m1/s1. The second kappa shape index (κ2) is 10.6. The molecular weight excluding hydrogens is 527 g/mol. The van der Waals surface area contributed by atoms with E-state index in [1.54, 1.807) is 22.8 Å². The van der Waals surface area contributed by atoms with Gasteiger partial charge in [-0.15, -0.1) is 10.2 Å². The summed E-state index contributed by atoms with van der Waals surface area (Å²) in [5.74, 6) is 0.534. The number of thiazole rings is 1. The number of hydrogen-bond donors (Lipinski definition) is 0. The fraction of sp³-hybridized carbons (Fsp3) is 0.560. The molecule has 3 aliphatic rings.